The third-order valence-electron chi connectivity index (χ3n) is 5.64. The number of hydrogen-bond acceptors (Lipinski definition) is 5. The number of carbonyl (C=O) groups excluding carboxylic acids is 1. The van der Waals surface area contributed by atoms with Crippen LogP contribution >= 0.6 is 0 Å². The van der Waals surface area contributed by atoms with Crippen LogP contribution < -0.4 is 10.6 Å². The first-order valence-electron chi connectivity index (χ1n) is 10.0. The molecule has 7 heteroatoms. The number of nitrogens with one attached hydrogen (secondary N) is 2. The van der Waals surface area contributed by atoms with Gasteiger partial charge >= 0.3 is 0 Å². The lowest BCUT2D eigenvalue weighted by Crippen LogP contribution is -2.32. The highest BCUT2D eigenvalue weighted by Gasteiger charge is 2.20. The molecule has 27 heavy (non-hydrogen) atoms. The van der Waals surface area contributed by atoms with Crippen molar-refractivity contribution in [3.63, 3.8) is 0 Å². The Hall–Kier alpha value is -2.28. The van der Waals surface area contributed by atoms with Crippen molar-refractivity contribution in [3.8, 4) is 0 Å². The van der Waals surface area contributed by atoms with Gasteiger partial charge in [0.1, 0.15) is 12.4 Å². The van der Waals surface area contributed by atoms with Gasteiger partial charge < -0.3 is 10.6 Å². The number of aryl methyl sites for hydroxylation is 2. The van der Waals surface area contributed by atoms with Crippen LogP contribution in [-0.2, 0) is 30.7 Å². The summed E-state index contributed by atoms with van der Waals surface area (Å²) in [5.41, 5.74) is 4.66. The fraction of sp³-hybridized carbons (Fsp3) is 0.600. The number of amides is 1. The van der Waals surface area contributed by atoms with Crippen molar-refractivity contribution in [2.75, 3.05) is 13.1 Å². The fourth-order valence-corrected chi connectivity index (χ4v) is 4.22. The van der Waals surface area contributed by atoms with E-state index in [1.54, 1.807) is 6.20 Å². The van der Waals surface area contributed by atoms with Gasteiger partial charge in [-0.1, -0.05) is 0 Å². The molecule has 0 saturated carbocycles. The summed E-state index contributed by atoms with van der Waals surface area (Å²) >= 11 is 0. The number of carbonyl (C=O) groups is 1. The maximum atomic E-state index is 12.4. The summed E-state index contributed by atoms with van der Waals surface area (Å²) in [5, 5.41) is 10.7. The molecule has 1 amide bonds. The van der Waals surface area contributed by atoms with E-state index >= 15 is 0 Å². The molecule has 1 saturated heterocycles. The van der Waals surface area contributed by atoms with Gasteiger partial charge in [-0.15, -0.1) is 0 Å². The summed E-state index contributed by atoms with van der Waals surface area (Å²) in [7, 11) is 0. The van der Waals surface area contributed by atoms with E-state index in [1.165, 1.54) is 18.4 Å². The van der Waals surface area contributed by atoms with Gasteiger partial charge in [0, 0.05) is 35.7 Å². The fourth-order valence-electron chi connectivity index (χ4n) is 4.22. The lowest BCUT2D eigenvalue weighted by Gasteiger charge is -2.23. The number of fused-ring (bicyclic) bond motifs is 1. The first kappa shape index (κ1) is 18.1. The van der Waals surface area contributed by atoms with Gasteiger partial charge in [-0.2, -0.15) is 5.10 Å². The van der Waals surface area contributed by atoms with Crippen molar-refractivity contribution in [1.29, 1.82) is 0 Å². The first-order chi connectivity index (χ1) is 13.2. The third-order valence-corrected chi connectivity index (χ3v) is 5.64. The topological polar surface area (TPSA) is 84.7 Å². The Labute approximate surface area is 160 Å². The molecule has 1 fully saturated rings. The standard InChI is InChI=1S/C20H28N6O/c1-14-16-6-2-3-7-17(16)25-19(24-14)12-22-20(27)13-26-18(8-10-23-26)15-5-4-9-21-11-15/h8,10,15,21H,2-7,9,11-13H2,1H3,(H,22,27)/t15-/m0/s1. The molecule has 0 radical (unpaired) electrons. The third kappa shape index (κ3) is 4.18. The number of rotatable bonds is 5. The summed E-state index contributed by atoms with van der Waals surface area (Å²) in [6, 6.07) is 2.03. The Morgan fingerprint density at radius 3 is 3.04 bits per heavy atom. The molecule has 1 atom stereocenters. The zero-order chi connectivity index (χ0) is 18.6. The Morgan fingerprint density at radius 1 is 1.30 bits per heavy atom. The predicted molar refractivity (Wildman–Crippen MR) is 102 cm³/mol. The van der Waals surface area contributed by atoms with E-state index in [1.807, 2.05) is 17.7 Å². The average Bonchev–Trinajstić information content (AvgIpc) is 3.15. The van der Waals surface area contributed by atoms with E-state index in [-0.39, 0.29) is 12.5 Å². The predicted octanol–water partition coefficient (Wildman–Crippen LogP) is 1.64. The smallest absolute Gasteiger partial charge is 0.242 e. The molecule has 2 aromatic heterocycles. The van der Waals surface area contributed by atoms with Crippen LogP contribution in [0.2, 0.25) is 0 Å². The molecule has 0 bridgehead atoms. The second-order valence-corrected chi connectivity index (χ2v) is 7.59. The highest BCUT2D eigenvalue weighted by atomic mass is 16.2. The number of hydrogen-bond donors (Lipinski definition) is 2. The second-order valence-electron chi connectivity index (χ2n) is 7.59. The van der Waals surface area contributed by atoms with E-state index in [0.29, 0.717) is 18.3 Å². The van der Waals surface area contributed by atoms with Crippen LogP contribution in [0.5, 0.6) is 0 Å². The highest BCUT2D eigenvalue weighted by molar-refractivity contribution is 5.75. The first-order valence-corrected chi connectivity index (χ1v) is 10.0. The second kappa shape index (κ2) is 8.17. The van der Waals surface area contributed by atoms with Crippen molar-refractivity contribution in [2.24, 2.45) is 0 Å². The van der Waals surface area contributed by atoms with Crippen LogP contribution in [0.4, 0.5) is 0 Å². The molecule has 2 aromatic rings. The molecule has 2 aliphatic rings. The van der Waals surface area contributed by atoms with E-state index in [9.17, 15) is 4.79 Å². The Balaban J connectivity index is 1.37. The van der Waals surface area contributed by atoms with Gasteiger partial charge in [0.25, 0.3) is 0 Å². The van der Waals surface area contributed by atoms with Crippen LogP contribution in [0.1, 0.15) is 60.1 Å². The minimum atomic E-state index is -0.0531. The Morgan fingerprint density at radius 2 is 2.19 bits per heavy atom. The van der Waals surface area contributed by atoms with Crippen LogP contribution in [0.25, 0.3) is 0 Å². The molecule has 2 N–H and O–H groups in total. The van der Waals surface area contributed by atoms with E-state index in [4.69, 9.17) is 0 Å². The molecular formula is C20H28N6O. The summed E-state index contributed by atoms with van der Waals surface area (Å²) in [5.74, 6) is 1.09. The molecule has 0 unspecified atom stereocenters. The molecule has 3 heterocycles. The van der Waals surface area contributed by atoms with Crippen molar-refractivity contribution < 1.29 is 4.79 Å². The molecule has 1 aliphatic carbocycles. The highest BCUT2D eigenvalue weighted by Crippen LogP contribution is 2.23. The van der Waals surface area contributed by atoms with Crippen LogP contribution in [0.3, 0.4) is 0 Å². The van der Waals surface area contributed by atoms with Gasteiger partial charge in [-0.25, -0.2) is 9.97 Å². The van der Waals surface area contributed by atoms with E-state index in [0.717, 1.165) is 55.9 Å². The quantitative estimate of drug-likeness (QED) is 0.838. The normalized spacial score (nSPS) is 19.5. The maximum absolute atomic E-state index is 12.4. The van der Waals surface area contributed by atoms with Crippen LogP contribution in [0, 0.1) is 6.92 Å². The number of nitrogens with zero attached hydrogens (tertiary/aromatic N) is 4. The molecule has 0 aromatic carbocycles. The van der Waals surface area contributed by atoms with Gasteiger partial charge in [0.15, 0.2) is 0 Å². The lowest BCUT2D eigenvalue weighted by molar-refractivity contribution is -0.122. The monoisotopic (exact) mass is 368 g/mol. The van der Waals surface area contributed by atoms with Crippen molar-refractivity contribution in [1.82, 2.24) is 30.4 Å². The zero-order valence-electron chi connectivity index (χ0n) is 16.0. The van der Waals surface area contributed by atoms with Gasteiger partial charge in [0.2, 0.25) is 5.91 Å². The summed E-state index contributed by atoms with van der Waals surface area (Å²) in [4.78, 5) is 21.7. The minimum Gasteiger partial charge on any atom is -0.347 e. The molecule has 144 valence electrons. The molecule has 7 nitrogen and oxygen atoms in total. The zero-order valence-corrected chi connectivity index (χ0v) is 16.0. The molecule has 4 rings (SSSR count). The minimum absolute atomic E-state index is 0.0531. The summed E-state index contributed by atoms with van der Waals surface area (Å²) in [6.45, 7) is 4.68. The Kier molecular flexibility index (Phi) is 5.48. The average molecular weight is 368 g/mol. The number of aromatic nitrogens is 4. The molecule has 0 spiro atoms. The summed E-state index contributed by atoms with van der Waals surface area (Å²) < 4.78 is 1.83. The van der Waals surface area contributed by atoms with Crippen molar-refractivity contribution in [2.45, 2.75) is 64.5 Å². The van der Waals surface area contributed by atoms with Crippen LogP contribution in [0.15, 0.2) is 12.3 Å². The van der Waals surface area contributed by atoms with Crippen molar-refractivity contribution >= 4 is 5.91 Å². The Bertz CT molecular complexity index is 809. The SMILES string of the molecule is Cc1nc(CNC(=O)Cn2nccc2[C@H]2CCCNC2)nc2c1CCCC2. The van der Waals surface area contributed by atoms with Crippen molar-refractivity contribution in [3.05, 3.63) is 40.7 Å². The van der Waals surface area contributed by atoms with Gasteiger partial charge in [-0.3, -0.25) is 9.48 Å². The largest absolute Gasteiger partial charge is 0.347 e. The lowest BCUT2D eigenvalue weighted by atomic mass is 9.95. The molecular weight excluding hydrogens is 340 g/mol. The van der Waals surface area contributed by atoms with E-state index in [2.05, 4.69) is 25.7 Å². The molecule has 1 aliphatic heterocycles. The number of piperidine rings is 1. The maximum Gasteiger partial charge on any atom is 0.242 e. The van der Waals surface area contributed by atoms with Crippen LogP contribution in [-0.4, -0.2) is 38.7 Å². The van der Waals surface area contributed by atoms with E-state index < -0.39 is 0 Å². The van der Waals surface area contributed by atoms with Gasteiger partial charge in [0.05, 0.1) is 6.54 Å². The van der Waals surface area contributed by atoms with Gasteiger partial charge in [-0.05, 0) is 63.6 Å². The summed E-state index contributed by atoms with van der Waals surface area (Å²) in [6.07, 6.45) is 8.59.